The number of rotatable bonds is 6. The van der Waals surface area contributed by atoms with Crippen molar-refractivity contribution >= 4 is 5.78 Å². The maximum absolute atomic E-state index is 11.0. The second kappa shape index (κ2) is 7.26. The molecule has 0 N–H and O–H groups in total. The molecule has 1 aliphatic heterocycles. The van der Waals surface area contributed by atoms with E-state index in [0.717, 1.165) is 51.7 Å². The predicted molar refractivity (Wildman–Crippen MR) is 58.5 cm³/mol. The third kappa shape index (κ3) is 5.40. The van der Waals surface area contributed by atoms with Gasteiger partial charge in [-0.3, -0.25) is 4.79 Å². The summed E-state index contributed by atoms with van der Waals surface area (Å²) in [5.74, 6) is 0.398. The Kier molecular flexibility index (Phi) is 5.81. The lowest BCUT2D eigenvalue weighted by Gasteiger charge is -2.25. The summed E-state index contributed by atoms with van der Waals surface area (Å²) < 4.78 is 0. The molecule has 0 atom stereocenters. The maximum atomic E-state index is 11.0. The van der Waals surface area contributed by atoms with Gasteiger partial charge >= 0.3 is 0 Å². The third-order valence-electron chi connectivity index (χ3n) is 2.71. The lowest BCUT2D eigenvalue weighted by atomic mass is 10.1. The van der Waals surface area contributed by atoms with Gasteiger partial charge in [0.25, 0.3) is 0 Å². The Morgan fingerprint density at radius 3 is 2.67 bits per heavy atom. The van der Waals surface area contributed by atoms with Crippen LogP contribution in [0.25, 0.3) is 10.4 Å². The van der Waals surface area contributed by atoms with Crippen LogP contribution in [-0.4, -0.2) is 36.9 Å². The highest BCUT2D eigenvalue weighted by molar-refractivity contribution is 5.79. The van der Waals surface area contributed by atoms with E-state index in [-0.39, 0.29) is 0 Å². The number of carbonyl (C=O) groups is 1. The Morgan fingerprint density at radius 1 is 1.27 bits per heavy atom. The minimum atomic E-state index is 0.398. The number of hydrogen-bond acceptors (Lipinski definition) is 3. The van der Waals surface area contributed by atoms with Crippen LogP contribution < -0.4 is 0 Å². The van der Waals surface area contributed by atoms with Crippen LogP contribution in [0, 0.1) is 0 Å². The lowest BCUT2D eigenvalue weighted by Crippen LogP contribution is -2.34. The van der Waals surface area contributed by atoms with Crippen molar-refractivity contribution in [3.63, 3.8) is 0 Å². The average molecular weight is 210 g/mol. The van der Waals surface area contributed by atoms with E-state index >= 15 is 0 Å². The summed E-state index contributed by atoms with van der Waals surface area (Å²) in [6, 6.07) is 0. The molecule has 1 rings (SSSR count). The molecule has 0 radical (unpaired) electrons. The van der Waals surface area contributed by atoms with Crippen molar-refractivity contribution < 1.29 is 4.79 Å². The standard InChI is InChI=1S/C10H18N4O/c11-13-12-6-2-1-3-7-14-8-4-10(15)5-9-14/h1-9H2. The fraction of sp³-hybridized carbons (Fsp3) is 0.900. The molecule has 0 aliphatic carbocycles. The third-order valence-corrected chi connectivity index (χ3v) is 2.71. The number of likely N-dealkylation sites (tertiary alicyclic amines) is 1. The number of ketones is 1. The van der Waals surface area contributed by atoms with Crippen LogP contribution in [0.5, 0.6) is 0 Å². The van der Waals surface area contributed by atoms with Crippen molar-refractivity contribution in [1.82, 2.24) is 4.90 Å². The number of piperidine rings is 1. The van der Waals surface area contributed by atoms with Gasteiger partial charge in [-0.15, -0.1) is 0 Å². The first-order chi connectivity index (χ1) is 7.33. The normalized spacial score (nSPS) is 17.5. The molecule has 0 aromatic rings. The SMILES string of the molecule is [N-]=[N+]=NCCCCCN1CCC(=O)CC1. The van der Waals surface area contributed by atoms with Crippen molar-refractivity contribution in [2.75, 3.05) is 26.2 Å². The minimum absolute atomic E-state index is 0.398. The lowest BCUT2D eigenvalue weighted by molar-refractivity contribution is -0.121. The predicted octanol–water partition coefficient (Wildman–Crippen LogP) is 2.13. The van der Waals surface area contributed by atoms with Gasteiger partial charge in [0, 0.05) is 37.4 Å². The van der Waals surface area contributed by atoms with Crippen molar-refractivity contribution in [2.24, 2.45) is 5.11 Å². The molecule has 0 aromatic carbocycles. The number of nitrogens with zero attached hydrogens (tertiary/aromatic N) is 4. The monoisotopic (exact) mass is 210 g/mol. The van der Waals surface area contributed by atoms with Gasteiger partial charge in [-0.2, -0.15) is 0 Å². The Morgan fingerprint density at radius 2 is 2.00 bits per heavy atom. The summed E-state index contributed by atoms with van der Waals surface area (Å²) in [5, 5.41) is 3.49. The highest BCUT2D eigenvalue weighted by atomic mass is 16.1. The molecule has 0 unspecified atom stereocenters. The highest BCUT2D eigenvalue weighted by Crippen LogP contribution is 2.07. The van der Waals surface area contributed by atoms with Gasteiger partial charge in [0.15, 0.2) is 0 Å². The molecule has 5 heteroatoms. The Hall–Kier alpha value is -1.06. The van der Waals surface area contributed by atoms with Crippen molar-refractivity contribution in [2.45, 2.75) is 32.1 Å². The number of carbonyl (C=O) groups excluding carboxylic acids is 1. The topological polar surface area (TPSA) is 69.1 Å². The van der Waals surface area contributed by atoms with E-state index < -0.39 is 0 Å². The summed E-state index contributed by atoms with van der Waals surface area (Å²) in [6.45, 7) is 3.53. The van der Waals surface area contributed by atoms with E-state index in [9.17, 15) is 4.79 Å². The number of hydrogen-bond donors (Lipinski definition) is 0. The largest absolute Gasteiger partial charge is 0.302 e. The van der Waals surface area contributed by atoms with Crippen LogP contribution in [0.15, 0.2) is 5.11 Å². The van der Waals surface area contributed by atoms with Gasteiger partial charge in [-0.05, 0) is 24.9 Å². The molecule has 1 fully saturated rings. The van der Waals surface area contributed by atoms with Crippen LogP contribution in [-0.2, 0) is 4.79 Å². The molecule has 0 bridgehead atoms. The summed E-state index contributed by atoms with van der Waals surface area (Å²) in [5.41, 5.74) is 8.07. The Labute approximate surface area is 90.1 Å². The van der Waals surface area contributed by atoms with E-state index in [1.165, 1.54) is 0 Å². The van der Waals surface area contributed by atoms with E-state index in [1.807, 2.05) is 0 Å². The molecule has 5 nitrogen and oxygen atoms in total. The van der Waals surface area contributed by atoms with E-state index in [2.05, 4.69) is 14.9 Å². The van der Waals surface area contributed by atoms with Crippen molar-refractivity contribution in [1.29, 1.82) is 0 Å². The van der Waals surface area contributed by atoms with E-state index in [4.69, 9.17) is 5.53 Å². The number of azide groups is 1. The second-order valence-electron chi connectivity index (χ2n) is 3.90. The second-order valence-corrected chi connectivity index (χ2v) is 3.90. The smallest absolute Gasteiger partial charge is 0.135 e. The van der Waals surface area contributed by atoms with Crippen LogP contribution in [0.1, 0.15) is 32.1 Å². The summed E-state index contributed by atoms with van der Waals surface area (Å²) in [4.78, 5) is 16.0. The van der Waals surface area contributed by atoms with E-state index in [0.29, 0.717) is 12.3 Å². The first-order valence-corrected chi connectivity index (χ1v) is 5.58. The first-order valence-electron chi connectivity index (χ1n) is 5.58. The quantitative estimate of drug-likeness (QED) is 0.291. The van der Waals surface area contributed by atoms with Gasteiger partial charge in [-0.1, -0.05) is 11.5 Å². The molecule has 0 amide bonds. The van der Waals surface area contributed by atoms with Gasteiger partial charge < -0.3 is 4.90 Å². The molecular formula is C10H18N4O. The molecule has 0 aromatic heterocycles. The minimum Gasteiger partial charge on any atom is -0.302 e. The molecular weight excluding hydrogens is 192 g/mol. The number of Topliss-reactive ketones (excluding diaryl/α,β-unsaturated/α-hetero) is 1. The summed E-state index contributed by atoms with van der Waals surface area (Å²) in [7, 11) is 0. The van der Waals surface area contributed by atoms with Crippen LogP contribution >= 0.6 is 0 Å². The zero-order chi connectivity index (χ0) is 10.9. The average Bonchev–Trinajstić information content (AvgIpc) is 2.26. The molecule has 0 spiro atoms. The number of unbranched alkanes of at least 4 members (excludes halogenated alkanes) is 2. The van der Waals surface area contributed by atoms with Crippen LogP contribution in [0.2, 0.25) is 0 Å². The summed E-state index contributed by atoms with van der Waals surface area (Å²) >= 11 is 0. The molecule has 1 saturated heterocycles. The zero-order valence-corrected chi connectivity index (χ0v) is 9.06. The van der Waals surface area contributed by atoms with Crippen molar-refractivity contribution in [3.05, 3.63) is 10.4 Å². The first kappa shape index (κ1) is 12.0. The molecule has 1 aliphatic rings. The summed E-state index contributed by atoms with van der Waals surface area (Å²) in [6.07, 6.45) is 4.65. The van der Waals surface area contributed by atoms with Gasteiger partial charge in [0.05, 0.1) is 0 Å². The molecule has 0 saturated carbocycles. The molecule has 1 heterocycles. The van der Waals surface area contributed by atoms with Gasteiger partial charge in [-0.25, -0.2) is 0 Å². The fourth-order valence-corrected chi connectivity index (χ4v) is 1.77. The van der Waals surface area contributed by atoms with Gasteiger partial charge in [0.2, 0.25) is 0 Å². The Balaban J connectivity index is 1.96. The van der Waals surface area contributed by atoms with E-state index in [1.54, 1.807) is 0 Å². The fourth-order valence-electron chi connectivity index (χ4n) is 1.77. The van der Waals surface area contributed by atoms with Crippen molar-refractivity contribution in [3.8, 4) is 0 Å². The Bertz CT molecular complexity index is 238. The van der Waals surface area contributed by atoms with Crippen LogP contribution in [0.4, 0.5) is 0 Å². The highest BCUT2D eigenvalue weighted by Gasteiger charge is 2.14. The zero-order valence-electron chi connectivity index (χ0n) is 9.06. The van der Waals surface area contributed by atoms with Crippen LogP contribution in [0.3, 0.4) is 0 Å². The van der Waals surface area contributed by atoms with Gasteiger partial charge in [0.1, 0.15) is 5.78 Å². The maximum Gasteiger partial charge on any atom is 0.135 e. The molecule has 84 valence electrons. The molecule has 15 heavy (non-hydrogen) atoms.